The van der Waals surface area contributed by atoms with E-state index in [1.54, 1.807) is 0 Å². The first-order chi connectivity index (χ1) is 9.74. The SMILES string of the molecule is CC(C)C1CNC(c2ccccc2)CN1CCC1CC1. The van der Waals surface area contributed by atoms with Crippen molar-refractivity contribution in [3.8, 4) is 0 Å². The summed E-state index contributed by atoms with van der Waals surface area (Å²) in [6.07, 6.45) is 4.35. The lowest BCUT2D eigenvalue weighted by Gasteiger charge is -2.42. The van der Waals surface area contributed by atoms with Crippen LogP contribution in [-0.2, 0) is 0 Å². The summed E-state index contributed by atoms with van der Waals surface area (Å²) >= 11 is 0. The molecule has 1 saturated heterocycles. The lowest BCUT2D eigenvalue weighted by Crippen LogP contribution is -2.55. The standard InChI is InChI=1S/C18H28N2/c1-14(2)18-12-19-17(16-6-4-3-5-7-16)13-20(18)11-10-15-8-9-15/h3-7,14-15,17-19H,8-13H2,1-2H3. The fraction of sp³-hybridized carbons (Fsp3) is 0.667. The van der Waals surface area contributed by atoms with E-state index in [1.807, 2.05) is 0 Å². The van der Waals surface area contributed by atoms with Crippen LogP contribution in [0.4, 0.5) is 0 Å². The molecule has 2 aliphatic rings. The second kappa shape index (κ2) is 6.28. The van der Waals surface area contributed by atoms with Crippen LogP contribution in [-0.4, -0.2) is 30.6 Å². The third-order valence-corrected chi connectivity index (χ3v) is 4.95. The highest BCUT2D eigenvalue weighted by Gasteiger charge is 2.31. The van der Waals surface area contributed by atoms with Gasteiger partial charge in [-0.25, -0.2) is 0 Å². The summed E-state index contributed by atoms with van der Waals surface area (Å²) in [5.41, 5.74) is 1.44. The molecule has 1 N–H and O–H groups in total. The predicted octanol–water partition coefficient (Wildman–Crippen LogP) is 3.46. The summed E-state index contributed by atoms with van der Waals surface area (Å²) in [6.45, 7) is 8.30. The van der Waals surface area contributed by atoms with Crippen molar-refractivity contribution < 1.29 is 0 Å². The maximum absolute atomic E-state index is 3.76. The Morgan fingerprint density at radius 2 is 1.95 bits per heavy atom. The zero-order valence-corrected chi connectivity index (χ0v) is 12.9. The van der Waals surface area contributed by atoms with Crippen molar-refractivity contribution in [2.75, 3.05) is 19.6 Å². The molecule has 1 aliphatic carbocycles. The molecule has 0 radical (unpaired) electrons. The van der Waals surface area contributed by atoms with E-state index in [-0.39, 0.29) is 0 Å². The van der Waals surface area contributed by atoms with E-state index in [9.17, 15) is 0 Å². The van der Waals surface area contributed by atoms with Gasteiger partial charge in [0.05, 0.1) is 0 Å². The molecule has 1 heterocycles. The molecule has 0 bridgehead atoms. The highest BCUT2D eigenvalue weighted by atomic mass is 15.2. The Morgan fingerprint density at radius 1 is 1.20 bits per heavy atom. The monoisotopic (exact) mass is 272 g/mol. The summed E-state index contributed by atoms with van der Waals surface area (Å²) in [6, 6.07) is 12.1. The van der Waals surface area contributed by atoms with Crippen molar-refractivity contribution >= 4 is 0 Å². The maximum Gasteiger partial charge on any atom is 0.0449 e. The van der Waals surface area contributed by atoms with Crippen molar-refractivity contribution in [1.82, 2.24) is 10.2 Å². The molecular weight excluding hydrogens is 244 g/mol. The van der Waals surface area contributed by atoms with Gasteiger partial charge < -0.3 is 5.32 Å². The minimum absolute atomic E-state index is 0.505. The zero-order valence-electron chi connectivity index (χ0n) is 12.9. The van der Waals surface area contributed by atoms with Gasteiger partial charge in [-0.1, -0.05) is 57.0 Å². The Hall–Kier alpha value is -0.860. The maximum atomic E-state index is 3.76. The van der Waals surface area contributed by atoms with Gasteiger partial charge in [0.15, 0.2) is 0 Å². The molecule has 3 rings (SSSR count). The van der Waals surface area contributed by atoms with E-state index in [1.165, 1.54) is 37.9 Å². The van der Waals surface area contributed by atoms with Crippen LogP contribution in [0.3, 0.4) is 0 Å². The van der Waals surface area contributed by atoms with Crippen LogP contribution < -0.4 is 5.32 Å². The van der Waals surface area contributed by atoms with Gasteiger partial charge in [-0.05, 0) is 30.4 Å². The van der Waals surface area contributed by atoms with Crippen LogP contribution in [0, 0.1) is 11.8 Å². The van der Waals surface area contributed by atoms with Gasteiger partial charge in [-0.15, -0.1) is 0 Å². The van der Waals surface area contributed by atoms with E-state index in [4.69, 9.17) is 0 Å². The number of hydrogen-bond acceptors (Lipinski definition) is 2. The molecule has 1 aromatic rings. The summed E-state index contributed by atoms with van der Waals surface area (Å²) < 4.78 is 0. The molecule has 2 heteroatoms. The summed E-state index contributed by atoms with van der Waals surface area (Å²) in [4.78, 5) is 2.75. The first-order valence-corrected chi connectivity index (χ1v) is 8.26. The van der Waals surface area contributed by atoms with Gasteiger partial charge >= 0.3 is 0 Å². The number of hydrogen-bond donors (Lipinski definition) is 1. The predicted molar refractivity (Wildman–Crippen MR) is 84.7 cm³/mol. The molecule has 2 atom stereocenters. The minimum atomic E-state index is 0.505. The molecule has 2 unspecified atom stereocenters. The Balaban J connectivity index is 1.65. The molecule has 110 valence electrons. The molecule has 0 aromatic heterocycles. The van der Waals surface area contributed by atoms with E-state index >= 15 is 0 Å². The first kappa shape index (κ1) is 14.1. The normalized spacial score (nSPS) is 27.9. The fourth-order valence-electron chi connectivity index (χ4n) is 3.40. The second-order valence-corrected chi connectivity index (χ2v) is 6.91. The highest BCUT2D eigenvalue weighted by Crippen LogP contribution is 2.33. The van der Waals surface area contributed by atoms with E-state index in [0.717, 1.165) is 18.4 Å². The van der Waals surface area contributed by atoms with Crippen LogP contribution >= 0.6 is 0 Å². The molecule has 2 fully saturated rings. The highest BCUT2D eigenvalue weighted by molar-refractivity contribution is 5.20. The fourth-order valence-corrected chi connectivity index (χ4v) is 3.40. The Morgan fingerprint density at radius 3 is 2.60 bits per heavy atom. The van der Waals surface area contributed by atoms with Gasteiger partial charge in [0.25, 0.3) is 0 Å². The van der Waals surface area contributed by atoms with Gasteiger partial charge in [0.2, 0.25) is 0 Å². The lowest BCUT2D eigenvalue weighted by molar-refractivity contribution is 0.0955. The smallest absolute Gasteiger partial charge is 0.0449 e. The molecule has 0 amide bonds. The molecule has 0 spiro atoms. The third kappa shape index (κ3) is 3.42. The van der Waals surface area contributed by atoms with Gasteiger partial charge in [-0.3, -0.25) is 4.90 Å². The van der Waals surface area contributed by atoms with Crippen molar-refractivity contribution in [1.29, 1.82) is 0 Å². The Kier molecular flexibility index (Phi) is 4.42. The van der Waals surface area contributed by atoms with Crippen LogP contribution in [0.1, 0.15) is 44.7 Å². The zero-order chi connectivity index (χ0) is 13.9. The van der Waals surface area contributed by atoms with Crippen LogP contribution in [0.25, 0.3) is 0 Å². The van der Waals surface area contributed by atoms with E-state index < -0.39 is 0 Å². The number of nitrogens with one attached hydrogen (secondary N) is 1. The number of piperazine rings is 1. The summed E-state index contributed by atoms with van der Waals surface area (Å²) in [7, 11) is 0. The van der Waals surface area contributed by atoms with Gasteiger partial charge in [0, 0.05) is 25.2 Å². The minimum Gasteiger partial charge on any atom is -0.307 e. The van der Waals surface area contributed by atoms with E-state index in [2.05, 4.69) is 54.4 Å². The molecule has 1 aromatic carbocycles. The number of rotatable bonds is 5. The quantitative estimate of drug-likeness (QED) is 0.883. The van der Waals surface area contributed by atoms with Crippen LogP contribution in [0.15, 0.2) is 30.3 Å². The average Bonchev–Trinajstić information content (AvgIpc) is 3.30. The van der Waals surface area contributed by atoms with Gasteiger partial charge in [0.1, 0.15) is 0 Å². The van der Waals surface area contributed by atoms with Crippen LogP contribution in [0.5, 0.6) is 0 Å². The van der Waals surface area contributed by atoms with Crippen molar-refractivity contribution in [3.63, 3.8) is 0 Å². The number of nitrogens with zero attached hydrogens (tertiary/aromatic N) is 1. The Bertz CT molecular complexity index is 411. The van der Waals surface area contributed by atoms with Gasteiger partial charge in [-0.2, -0.15) is 0 Å². The van der Waals surface area contributed by atoms with Crippen LogP contribution in [0.2, 0.25) is 0 Å². The topological polar surface area (TPSA) is 15.3 Å². The Labute approximate surface area is 123 Å². The second-order valence-electron chi connectivity index (χ2n) is 6.91. The molecule has 1 aliphatic heterocycles. The average molecular weight is 272 g/mol. The third-order valence-electron chi connectivity index (χ3n) is 4.95. The summed E-state index contributed by atoms with van der Waals surface area (Å²) in [5, 5.41) is 3.76. The first-order valence-electron chi connectivity index (χ1n) is 8.26. The van der Waals surface area contributed by atoms with Crippen molar-refractivity contribution in [2.24, 2.45) is 11.8 Å². The summed E-state index contributed by atoms with van der Waals surface area (Å²) in [5.74, 6) is 1.77. The number of benzene rings is 1. The van der Waals surface area contributed by atoms with Crippen molar-refractivity contribution in [2.45, 2.75) is 45.2 Å². The molecule has 2 nitrogen and oxygen atoms in total. The van der Waals surface area contributed by atoms with E-state index in [0.29, 0.717) is 12.1 Å². The lowest BCUT2D eigenvalue weighted by atomic mass is 9.95. The molecule has 1 saturated carbocycles. The molecular formula is C18H28N2. The van der Waals surface area contributed by atoms with Crippen molar-refractivity contribution in [3.05, 3.63) is 35.9 Å². The largest absolute Gasteiger partial charge is 0.307 e. The molecule has 20 heavy (non-hydrogen) atoms.